The van der Waals surface area contributed by atoms with E-state index in [1.54, 1.807) is 0 Å². The van der Waals surface area contributed by atoms with Gasteiger partial charge in [0.1, 0.15) is 24.2 Å². The Morgan fingerprint density at radius 1 is 0.553 bits per heavy atom. The zero-order valence-corrected chi connectivity index (χ0v) is 28.2. The summed E-state index contributed by atoms with van der Waals surface area (Å²) in [6, 6.07) is 16.7. The first-order valence-electron chi connectivity index (χ1n) is 13.2. The SMILES string of the molecule is C#Cc1cc(C)cc2ccccc12.Cc1cc(C#C[Si](C)(C)C)c(C#C[Si](C)(C)C)c(C#C[Si](C)(C)C)c1. The second kappa shape index (κ2) is 12.6. The van der Waals surface area contributed by atoms with Crippen LogP contribution in [0.25, 0.3) is 10.8 Å². The van der Waals surface area contributed by atoms with E-state index in [1.165, 1.54) is 16.5 Å². The number of hydrogen-bond donors (Lipinski definition) is 0. The van der Waals surface area contributed by atoms with E-state index in [2.05, 4.69) is 143 Å². The molecule has 0 aliphatic heterocycles. The van der Waals surface area contributed by atoms with Crippen LogP contribution in [0.2, 0.25) is 58.9 Å². The lowest BCUT2D eigenvalue weighted by atomic mass is 9.99. The van der Waals surface area contributed by atoms with Crippen LogP contribution in [-0.2, 0) is 0 Å². The third kappa shape index (κ3) is 10.7. The van der Waals surface area contributed by atoms with Gasteiger partial charge in [0.05, 0.1) is 5.56 Å². The molecule has 0 N–H and O–H groups in total. The largest absolute Gasteiger partial charge is 0.129 e. The average molecular weight is 547 g/mol. The van der Waals surface area contributed by atoms with E-state index >= 15 is 0 Å². The first kappa shape index (κ1) is 31.0. The molecule has 0 aliphatic rings. The summed E-state index contributed by atoms with van der Waals surface area (Å²) in [5.41, 5.74) is 17.0. The normalized spacial score (nSPS) is 10.9. The zero-order valence-electron chi connectivity index (χ0n) is 25.2. The third-order valence-corrected chi connectivity index (χ3v) is 7.78. The van der Waals surface area contributed by atoms with Crippen LogP contribution in [0.4, 0.5) is 0 Å². The maximum absolute atomic E-state index is 5.43. The van der Waals surface area contributed by atoms with Crippen molar-refractivity contribution in [3.05, 3.63) is 81.9 Å². The van der Waals surface area contributed by atoms with Crippen LogP contribution in [0.15, 0.2) is 48.5 Å². The van der Waals surface area contributed by atoms with Crippen LogP contribution in [0.3, 0.4) is 0 Å². The van der Waals surface area contributed by atoms with Gasteiger partial charge in [-0.2, -0.15) is 0 Å². The van der Waals surface area contributed by atoms with Crippen molar-refractivity contribution in [3.8, 4) is 46.7 Å². The van der Waals surface area contributed by atoms with Crippen molar-refractivity contribution >= 4 is 35.0 Å². The van der Waals surface area contributed by atoms with Gasteiger partial charge in [-0.3, -0.25) is 0 Å². The Kier molecular flexibility index (Phi) is 10.3. The van der Waals surface area contributed by atoms with E-state index < -0.39 is 24.2 Å². The molecule has 0 radical (unpaired) electrons. The van der Waals surface area contributed by atoms with Gasteiger partial charge in [0.15, 0.2) is 0 Å². The Balaban J connectivity index is 0.000000323. The smallest absolute Gasteiger partial charge is 0.127 e. The Labute approximate surface area is 235 Å². The predicted octanol–water partition coefficient (Wildman–Crippen LogP) is 8.81. The van der Waals surface area contributed by atoms with Gasteiger partial charge in [-0.1, -0.05) is 113 Å². The van der Waals surface area contributed by atoms with E-state index in [0.29, 0.717) is 0 Å². The molecule has 0 amide bonds. The molecule has 0 atom stereocenters. The third-order valence-electron chi connectivity index (χ3n) is 5.15. The van der Waals surface area contributed by atoms with Crippen molar-refractivity contribution < 1.29 is 0 Å². The van der Waals surface area contributed by atoms with E-state index in [-0.39, 0.29) is 0 Å². The molecule has 0 unspecified atom stereocenters. The first-order chi connectivity index (χ1) is 17.5. The maximum atomic E-state index is 5.43. The lowest BCUT2D eigenvalue weighted by molar-refractivity contribution is 1.41. The highest BCUT2D eigenvalue weighted by Crippen LogP contribution is 2.20. The molecule has 0 aliphatic carbocycles. The molecule has 194 valence electrons. The van der Waals surface area contributed by atoms with E-state index in [9.17, 15) is 0 Å². The Hall–Kier alpha value is -3.19. The van der Waals surface area contributed by atoms with E-state index in [1.807, 2.05) is 18.2 Å². The zero-order chi connectivity index (χ0) is 28.7. The lowest BCUT2D eigenvalue weighted by Gasteiger charge is -2.09. The van der Waals surface area contributed by atoms with Crippen LogP contribution in [-0.4, -0.2) is 24.2 Å². The summed E-state index contributed by atoms with van der Waals surface area (Å²) in [5, 5.41) is 2.38. The van der Waals surface area contributed by atoms with Crippen LogP contribution < -0.4 is 0 Å². The summed E-state index contributed by atoms with van der Waals surface area (Å²) in [5.74, 6) is 13.0. The summed E-state index contributed by atoms with van der Waals surface area (Å²) < 4.78 is 0. The van der Waals surface area contributed by atoms with Crippen LogP contribution in [0, 0.1) is 60.6 Å². The maximum Gasteiger partial charge on any atom is 0.129 e. The minimum Gasteiger partial charge on any atom is -0.127 e. The number of benzene rings is 3. The fraction of sp³-hybridized carbons (Fsp3) is 0.314. The van der Waals surface area contributed by atoms with Gasteiger partial charge in [-0.25, -0.2) is 0 Å². The molecule has 0 bridgehead atoms. The Morgan fingerprint density at radius 3 is 1.45 bits per heavy atom. The molecule has 0 saturated carbocycles. The van der Waals surface area contributed by atoms with Crippen LogP contribution in [0.5, 0.6) is 0 Å². The van der Waals surface area contributed by atoms with Crippen molar-refractivity contribution in [2.24, 2.45) is 0 Å². The topological polar surface area (TPSA) is 0 Å². The molecule has 0 heterocycles. The molecule has 0 nitrogen and oxygen atoms in total. The number of aryl methyl sites for hydroxylation is 2. The van der Waals surface area contributed by atoms with Crippen molar-refractivity contribution in [1.82, 2.24) is 0 Å². The monoisotopic (exact) mass is 546 g/mol. The standard InChI is InChI=1S/C22H32Si3.C13H10/c1-19-17-20(11-14-23(2,3)4)22(13-16-25(8,9)10)21(18-19)12-15-24(5,6)7;1-3-11-8-10(2)9-12-6-4-5-7-13(11)12/h17-18H,1-10H3;1,4-9H,2H3. The highest BCUT2D eigenvalue weighted by molar-refractivity contribution is 6.84. The Bertz CT molecular complexity index is 1490. The van der Waals surface area contributed by atoms with Gasteiger partial charge in [-0.15, -0.1) is 23.1 Å². The molecule has 0 saturated heterocycles. The van der Waals surface area contributed by atoms with Gasteiger partial charge < -0.3 is 0 Å². The van der Waals surface area contributed by atoms with Gasteiger partial charge in [0.2, 0.25) is 0 Å². The quantitative estimate of drug-likeness (QED) is 0.195. The van der Waals surface area contributed by atoms with E-state index in [4.69, 9.17) is 6.42 Å². The van der Waals surface area contributed by atoms with Crippen LogP contribution >= 0.6 is 0 Å². The van der Waals surface area contributed by atoms with Gasteiger partial charge >= 0.3 is 0 Å². The van der Waals surface area contributed by atoms with E-state index in [0.717, 1.165) is 27.6 Å². The molecular weight excluding hydrogens is 505 g/mol. The molecule has 3 heteroatoms. The number of rotatable bonds is 0. The lowest BCUT2D eigenvalue weighted by Crippen LogP contribution is -2.17. The molecule has 0 spiro atoms. The second-order valence-electron chi connectivity index (χ2n) is 12.9. The minimum atomic E-state index is -1.46. The molecule has 3 rings (SSSR count). The summed E-state index contributed by atoms with van der Waals surface area (Å²) in [7, 11) is -4.33. The van der Waals surface area contributed by atoms with Crippen molar-refractivity contribution in [2.75, 3.05) is 0 Å². The summed E-state index contributed by atoms with van der Waals surface area (Å²) in [6.07, 6.45) is 5.43. The summed E-state index contributed by atoms with van der Waals surface area (Å²) in [6.45, 7) is 24.6. The molecule has 3 aromatic carbocycles. The number of terminal acetylenes is 1. The molecule has 0 fully saturated rings. The predicted molar refractivity (Wildman–Crippen MR) is 178 cm³/mol. The fourth-order valence-corrected chi connectivity index (χ4v) is 4.98. The van der Waals surface area contributed by atoms with Crippen molar-refractivity contribution in [2.45, 2.75) is 72.8 Å². The molecule has 3 aromatic rings. The molecule has 0 aromatic heterocycles. The molecule has 38 heavy (non-hydrogen) atoms. The summed E-state index contributed by atoms with van der Waals surface area (Å²) >= 11 is 0. The van der Waals surface area contributed by atoms with Gasteiger partial charge in [-0.05, 0) is 53.9 Å². The van der Waals surface area contributed by atoms with Crippen molar-refractivity contribution in [3.63, 3.8) is 0 Å². The highest BCUT2D eigenvalue weighted by Gasteiger charge is 2.13. The first-order valence-corrected chi connectivity index (χ1v) is 23.7. The number of hydrogen-bond acceptors (Lipinski definition) is 0. The Morgan fingerprint density at radius 2 is 0.974 bits per heavy atom. The average Bonchev–Trinajstić information content (AvgIpc) is 2.78. The van der Waals surface area contributed by atoms with Crippen molar-refractivity contribution in [1.29, 1.82) is 0 Å². The molecular formula is C35H42Si3. The summed E-state index contributed by atoms with van der Waals surface area (Å²) in [4.78, 5) is 0. The van der Waals surface area contributed by atoms with Gasteiger partial charge in [0, 0.05) is 16.7 Å². The minimum absolute atomic E-state index is 0.982. The van der Waals surface area contributed by atoms with Gasteiger partial charge in [0.25, 0.3) is 0 Å². The second-order valence-corrected chi connectivity index (χ2v) is 27.2. The highest BCUT2D eigenvalue weighted by atomic mass is 28.3. The number of fused-ring (bicyclic) bond motifs is 1. The fourth-order valence-electron chi connectivity index (χ4n) is 3.46. The van der Waals surface area contributed by atoms with Crippen LogP contribution in [0.1, 0.15) is 33.4 Å².